The lowest BCUT2D eigenvalue weighted by atomic mass is 9.95. The molecule has 1 aliphatic rings. The van der Waals surface area contributed by atoms with Crippen LogP contribution in [0.3, 0.4) is 0 Å². The van der Waals surface area contributed by atoms with Crippen molar-refractivity contribution in [3.05, 3.63) is 29.8 Å². The van der Waals surface area contributed by atoms with Gasteiger partial charge in [0.2, 0.25) is 5.91 Å². The number of rotatable bonds is 3. The Balaban J connectivity index is 1.99. The molecule has 1 aromatic carbocycles. The van der Waals surface area contributed by atoms with Crippen molar-refractivity contribution < 1.29 is 4.79 Å². The summed E-state index contributed by atoms with van der Waals surface area (Å²) in [6.45, 7) is 6.25. The third-order valence-electron chi connectivity index (χ3n) is 3.82. The van der Waals surface area contributed by atoms with Crippen LogP contribution < -0.4 is 10.6 Å². The molecule has 18 heavy (non-hydrogen) atoms. The molecule has 0 saturated carbocycles. The number of carbonyl (C=O) groups is 1. The number of carbonyl (C=O) groups excluding carboxylic acids is 1. The fraction of sp³-hybridized carbons (Fsp3) is 0.533. The van der Waals surface area contributed by atoms with Gasteiger partial charge in [-0.3, -0.25) is 4.79 Å². The summed E-state index contributed by atoms with van der Waals surface area (Å²) < 4.78 is 0. The molecule has 0 atom stereocenters. The Kier molecular flexibility index (Phi) is 3.90. The van der Waals surface area contributed by atoms with Gasteiger partial charge in [-0.1, -0.05) is 26.0 Å². The fourth-order valence-electron chi connectivity index (χ4n) is 2.49. The van der Waals surface area contributed by atoms with Crippen LogP contribution in [-0.2, 0) is 4.79 Å². The van der Waals surface area contributed by atoms with Gasteiger partial charge in [-0.15, -0.1) is 0 Å². The summed E-state index contributed by atoms with van der Waals surface area (Å²) in [5, 5.41) is 0. The molecule has 0 spiro atoms. The van der Waals surface area contributed by atoms with Crippen molar-refractivity contribution in [1.29, 1.82) is 0 Å². The zero-order chi connectivity index (χ0) is 13.1. The molecule has 0 radical (unpaired) electrons. The second-order valence-corrected chi connectivity index (χ2v) is 5.41. The van der Waals surface area contributed by atoms with Crippen LogP contribution >= 0.6 is 0 Å². The minimum atomic E-state index is -0.148. The first-order valence-electron chi connectivity index (χ1n) is 6.72. The highest BCUT2D eigenvalue weighted by Crippen LogP contribution is 2.25. The lowest BCUT2D eigenvalue weighted by Crippen LogP contribution is -2.38. The normalized spacial score (nSPS) is 17.2. The smallest absolute Gasteiger partial charge is 0.220 e. The van der Waals surface area contributed by atoms with Gasteiger partial charge < -0.3 is 10.6 Å². The van der Waals surface area contributed by atoms with Gasteiger partial charge in [0.15, 0.2) is 0 Å². The quantitative estimate of drug-likeness (QED) is 0.890. The Labute approximate surface area is 109 Å². The molecule has 0 aromatic heterocycles. The summed E-state index contributed by atoms with van der Waals surface area (Å²) >= 11 is 0. The monoisotopic (exact) mass is 246 g/mol. The largest absolute Gasteiger partial charge is 0.371 e. The summed E-state index contributed by atoms with van der Waals surface area (Å²) in [5.41, 5.74) is 7.97. The molecule has 3 heteroatoms. The van der Waals surface area contributed by atoms with Crippen LogP contribution in [0.2, 0.25) is 0 Å². The average Bonchev–Trinajstić information content (AvgIpc) is 2.39. The van der Waals surface area contributed by atoms with E-state index in [1.54, 1.807) is 0 Å². The third kappa shape index (κ3) is 2.84. The van der Waals surface area contributed by atoms with Crippen LogP contribution in [0.5, 0.6) is 0 Å². The fourth-order valence-corrected chi connectivity index (χ4v) is 2.49. The molecule has 2 N–H and O–H groups in total. The van der Waals surface area contributed by atoms with Gasteiger partial charge in [0.25, 0.3) is 0 Å². The summed E-state index contributed by atoms with van der Waals surface area (Å²) in [6, 6.07) is 8.75. The zero-order valence-corrected chi connectivity index (χ0v) is 11.2. The van der Waals surface area contributed by atoms with E-state index in [-0.39, 0.29) is 11.8 Å². The maximum absolute atomic E-state index is 11.1. The number of anilines is 1. The van der Waals surface area contributed by atoms with Gasteiger partial charge in [-0.2, -0.15) is 0 Å². The van der Waals surface area contributed by atoms with E-state index in [1.807, 2.05) is 0 Å². The van der Waals surface area contributed by atoms with Crippen LogP contribution in [0.4, 0.5) is 5.69 Å². The Hall–Kier alpha value is -1.51. The zero-order valence-electron chi connectivity index (χ0n) is 11.2. The van der Waals surface area contributed by atoms with Crippen LogP contribution in [0, 0.1) is 5.92 Å². The average molecular weight is 246 g/mol. The molecule has 0 aliphatic carbocycles. The second kappa shape index (κ2) is 5.42. The van der Waals surface area contributed by atoms with Gasteiger partial charge >= 0.3 is 0 Å². The highest BCUT2D eigenvalue weighted by Gasteiger charge is 2.23. The second-order valence-electron chi connectivity index (χ2n) is 5.41. The van der Waals surface area contributed by atoms with E-state index in [2.05, 4.69) is 43.0 Å². The van der Waals surface area contributed by atoms with E-state index in [1.165, 1.54) is 11.3 Å². The summed E-state index contributed by atoms with van der Waals surface area (Å²) in [6.07, 6.45) is 1.75. The topological polar surface area (TPSA) is 46.3 Å². The molecular formula is C15H22N2O. The molecular weight excluding hydrogens is 224 g/mol. The Morgan fingerprint density at radius 3 is 2.22 bits per heavy atom. The first kappa shape index (κ1) is 12.9. The minimum absolute atomic E-state index is 0.0659. The summed E-state index contributed by atoms with van der Waals surface area (Å²) in [5.74, 6) is 0.487. The van der Waals surface area contributed by atoms with Crippen LogP contribution in [0.1, 0.15) is 38.2 Å². The molecule has 1 aliphatic heterocycles. The molecule has 1 amide bonds. The predicted octanol–water partition coefficient (Wildman–Crippen LogP) is 2.51. The van der Waals surface area contributed by atoms with E-state index < -0.39 is 0 Å². The standard InChI is InChI=1S/C15H22N2O/c1-11(2)12-3-5-14(6-4-12)17-9-7-13(8-10-17)15(16)18/h3-6,11,13H,7-10H2,1-2H3,(H2,16,18). The van der Waals surface area contributed by atoms with Gasteiger partial charge in [0.1, 0.15) is 0 Å². The number of hydrogen-bond donors (Lipinski definition) is 1. The van der Waals surface area contributed by atoms with E-state index >= 15 is 0 Å². The number of hydrogen-bond acceptors (Lipinski definition) is 2. The molecule has 2 rings (SSSR count). The van der Waals surface area contributed by atoms with Gasteiger partial charge in [-0.05, 0) is 36.5 Å². The predicted molar refractivity (Wildman–Crippen MR) is 74.7 cm³/mol. The molecule has 1 saturated heterocycles. The van der Waals surface area contributed by atoms with Gasteiger partial charge in [0, 0.05) is 24.7 Å². The van der Waals surface area contributed by atoms with Crippen LogP contribution in [0.15, 0.2) is 24.3 Å². The molecule has 0 bridgehead atoms. The Morgan fingerprint density at radius 1 is 1.22 bits per heavy atom. The Morgan fingerprint density at radius 2 is 1.78 bits per heavy atom. The SMILES string of the molecule is CC(C)c1ccc(N2CCC(C(N)=O)CC2)cc1. The van der Waals surface area contributed by atoms with Crippen LogP contribution in [-0.4, -0.2) is 19.0 Å². The molecule has 3 nitrogen and oxygen atoms in total. The third-order valence-corrected chi connectivity index (χ3v) is 3.82. The van der Waals surface area contributed by atoms with Crippen molar-refractivity contribution in [3.63, 3.8) is 0 Å². The molecule has 0 unspecified atom stereocenters. The van der Waals surface area contributed by atoms with Crippen molar-refractivity contribution >= 4 is 11.6 Å². The number of benzene rings is 1. The van der Waals surface area contributed by atoms with Crippen molar-refractivity contribution in [1.82, 2.24) is 0 Å². The van der Waals surface area contributed by atoms with Crippen molar-refractivity contribution in [2.45, 2.75) is 32.6 Å². The van der Waals surface area contributed by atoms with Crippen molar-refractivity contribution in [2.24, 2.45) is 11.7 Å². The lowest BCUT2D eigenvalue weighted by molar-refractivity contribution is -0.122. The van der Waals surface area contributed by atoms with Crippen molar-refractivity contribution in [2.75, 3.05) is 18.0 Å². The highest BCUT2D eigenvalue weighted by atomic mass is 16.1. The number of piperidine rings is 1. The number of nitrogens with two attached hydrogens (primary N) is 1. The van der Waals surface area contributed by atoms with E-state index in [4.69, 9.17) is 5.73 Å². The van der Waals surface area contributed by atoms with Gasteiger partial charge in [0.05, 0.1) is 0 Å². The first-order chi connectivity index (χ1) is 8.58. The number of amides is 1. The van der Waals surface area contributed by atoms with E-state index in [0.717, 1.165) is 25.9 Å². The molecule has 1 fully saturated rings. The van der Waals surface area contributed by atoms with E-state index in [0.29, 0.717) is 5.92 Å². The molecule has 1 aromatic rings. The van der Waals surface area contributed by atoms with Crippen LogP contribution in [0.25, 0.3) is 0 Å². The van der Waals surface area contributed by atoms with E-state index in [9.17, 15) is 4.79 Å². The Bertz CT molecular complexity index is 403. The summed E-state index contributed by atoms with van der Waals surface area (Å²) in [4.78, 5) is 13.5. The maximum Gasteiger partial charge on any atom is 0.220 e. The first-order valence-corrected chi connectivity index (χ1v) is 6.72. The lowest BCUT2D eigenvalue weighted by Gasteiger charge is -2.32. The summed E-state index contributed by atoms with van der Waals surface area (Å²) in [7, 11) is 0. The minimum Gasteiger partial charge on any atom is -0.371 e. The number of nitrogens with zero attached hydrogens (tertiary/aromatic N) is 1. The van der Waals surface area contributed by atoms with Gasteiger partial charge in [-0.25, -0.2) is 0 Å². The number of primary amides is 1. The molecule has 98 valence electrons. The maximum atomic E-state index is 11.1. The van der Waals surface area contributed by atoms with Crippen molar-refractivity contribution in [3.8, 4) is 0 Å². The highest BCUT2D eigenvalue weighted by molar-refractivity contribution is 5.77. The molecule has 1 heterocycles.